The number of hydrogen-bond donors (Lipinski definition) is 1. The summed E-state index contributed by atoms with van der Waals surface area (Å²) in [5.74, 6) is 2.55. The number of halogens is 1. The molecule has 0 spiro atoms. The second-order valence-corrected chi connectivity index (χ2v) is 5.55. The van der Waals surface area contributed by atoms with Gasteiger partial charge in [0.25, 0.3) is 0 Å². The molecule has 5 nitrogen and oxygen atoms in total. The molecule has 3 aromatic rings. The normalized spacial score (nSPS) is 12.0. The van der Waals surface area contributed by atoms with Crippen molar-refractivity contribution in [2.75, 3.05) is 5.32 Å². The van der Waals surface area contributed by atoms with Crippen molar-refractivity contribution in [3.8, 4) is 11.5 Å². The number of rotatable bonds is 5. The van der Waals surface area contributed by atoms with E-state index in [2.05, 4.69) is 15.5 Å². The van der Waals surface area contributed by atoms with Gasteiger partial charge in [-0.25, -0.2) is 0 Å². The van der Waals surface area contributed by atoms with Crippen molar-refractivity contribution in [3.63, 3.8) is 0 Å². The summed E-state index contributed by atoms with van der Waals surface area (Å²) in [4.78, 5) is 0. The minimum atomic E-state index is -0.0732. The minimum Gasteiger partial charge on any atom is -0.457 e. The average molecular weight is 330 g/mol. The van der Waals surface area contributed by atoms with Gasteiger partial charge < -0.3 is 14.5 Å². The van der Waals surface area contributed by atoms with Crippen molar-refractivity contribution in [2.24, 2.45) is 0 Å². The molecule has 0 radical (unpaired) electrons. The molecule has 118 valence electrons. The first-order chi connectivity index (χ1) is 11.1. The largest absolute Gasteiger partial charge is 0.457 e. The molecule has 0 saturated heterocycles. The van der Waals surface area contributed by atoms with E-state index < -0.39 is 0 Å². The fourth-order valence-corrected chi connectivity index (χ4v) is 2.26. The van der Waals surface area contributed by atoms with Gasteiger partial charge >= 0.3 is 0 Å². The Balaban J connectivity index is 1.65. The molecule has 0 aliphatic carbocycles. The van der Waals surface area contributed by atoms with Crippen LogP contribution in [0.4, 0.5) is 5.69 Å². The maximum Gasteiger partial charge on any atom is 0.238 e. The third-order valence-corrected chi connectivity index (χ3v) is 3.42. The molecule has 1 aromatic heterocycles. The Labute approximate surface area is 139 Å². The molecule has 23 heavy (non-hydrogen) atoms. The molecule has 3 rings (SSSR count). The van der Waals surface area contributed by atoms with Crippen molar-refractivity contribution in [1.29, 1.82) is 0 Å². The highest BCUT2D eigenvalue weighted by Gasteiger charge is 2.12. The fraction of sp³-hybridized carbons (Fsp3) is 0.176. The van der Waals surface area contributed by atoms with Crippen LogP contribution in [-0.4, -0.2) is 10.2 Å². The maximum atomic E-state index is 5.94. The lowest BCUT2D eigenvalue weighted by Crippen LogP contribution is -2.06. The summed E-state index contributed by atoms with van der Waals surface area (Å²) < 4.78 is 11.2. The summed E-state index contributed by atoms with van der Waals surface area (Å²) in [6, 6.07) is 14.8. The first-order valence-electron chi connectivity index (χ1n) is 7.20. The molecule has 0 fully saturated rings. The molecule has 0 unspecified atom stereocenters. The van der Waals surface area contributed by atoms with Crippen LogP contribution in [0, 0.1) is 6.92 Å². The highest BCUT2D eigenvalue weighted by atomic mass is 35.5. The summed E-state index contributed by atoms with van der Waals surface area (Å²) >= 11 is 5.94. The predicted octanol–water partition coefficient (Wildman–Crippen LogP) is 5.00. The predicted molar refractivity (Wildman–Crippen MR) is 89.0 cm³/mol. The molecule has 1 heterocycles. The Morgan fingerprint density at radius 1 is 1.09 bits per heavy atom. The van der Waals surface area contributed by atoms with Gasteiger partial charge in [0.15, 0.2) is 0 Å². The Morgan fingerprint density at radius 3 is 2.52 bits per heavy atom. The number of nitrogens with one attached hydrogen (secondary N) is 1. The van der Waals surface area contributed by atoms with Crippen LogP contribution in [0.15, 0.2) is 52.9 Å². The third-order valence-electron chi connectivity index (χ3n) is 3.18. The lowest BCUT2D eigenvalue weighted by atomic mass is 10.2. The number of hydrogen-bond acceptors (Lipinski definition) is 5. The summed E-state index contributed by atoms with van der Waals surface area (Å²) in [6.07, 6.45) is 0. The van der Waals surface area contributed by atoms with Gasteiger partial charge in [0, 0.05) is 17.6 Å². The third kappa shape index (κ3) is 4.02. The number of aryl methyl sites for hydroxylation is 1. The summed E-state index contributed by atoms with van der Waals surface area (Å²) in [7, 11) is 0. The molecule has 0 aliphatic heterocycles. The first kappa shape index (κ1) is 15.4. The second-order valence-electron chi connectivity index (χ2n) is 5.11. The first-order valence-corrected chi connectivity index (χ1v) is 7.58. The topological polar surface area (TPSA) is 60.2 Å². The van der Waals surface area contributed by atoms with Gasteiger partial charge in [-0.05, 0) is 49.4 Å². The molecule has 0 aliphatic rings. The van der Waals surface area contributed by atoms with Gasteiger partial charge in [-0.2, -0.15) is 0 Å². The lowest BCUT2D eigenvalue weighted by Gasteiger charge is -2.12. The number of benzene rings is 2. The molecule has 0 amide bonds. The second kappa shape index (κ2) is 6.71. The van der Waals surface area contributed by atoms with Crippen LogP contribution in [0.25, 0.3) is 0 Å². The summed E-state index contributed by atoms with van der Waals surface area (Å²) in [5, 5.41) is 11.8. The maximum absolute atomic E-state index is 5.94. The van der Waals surface area contributed by atoms with E-state index in [1.165, 1.54) is 0 Å². The zero-order valence-electron chi connectivity index (χ0n) is 12.8. The van der Waals surface area contributed by atoms with Crippen LogP contribution in [0.5, 0.6) is 11.5 Å². The van der Waals surface area contributed by atoms with E-state index in [1.807, 2.05) is 49.4 Å². The van der Waals surface area contributed by atoms with Gasteiger partial charge in [-0.15, -0.1) is 10.2 Å². The van der Waals surface area contributed by atoms with Gasteiger partial charge in [0.2, 0.25) is 11.8 Å². The monoisotopic (exact) mass is 329 g/mol. The smallest absolute Gasteiger partial charge is 0.238 e. The van der Waals surface area contributed by atoms with Crippen molar-refractivity contribution in [1.82, 2.24) is 10.2 Å². The van der Waals surface area contributed by atoms with Gasteiger partial charge in [0.05, 0.1) is 0 Å². The molecule has 0 saturated carbocycles. The van der Waals surface area contributed by atoms with Crippen LogP contribution >= 0.6 is 11.6 Å². The van der Waals surface area contributed by atoms with Crippen LogP contribution in [0.1, 0.15) is 24.7 Å². The molecule has 1 atom stereocenters. The van der Waals surface area contributed by atoms with E-state index in [0.717, 1.165) is 11.4 Å². The molecule has 1 N–H and O–H groups in total. The van der Waals surface area contributed by atoms with Crippen LogP contribution in [0.2, 0.25) is 5.02 Å². The van der Waals surface area contributed by atoms with Crippen molar-refractivity contribution < 1.29 is 9.15 Å². The SMILES string of the molecule is Cc1nnc([C@@H](C)Nc2ccc(Oc3cccc(Cl)c3)cc2)o1. The van der Waals surface area contributed by atoms with E-state index >= 15 is 0 Å². The van der Waals surface area contributed by atoms with E-state index in [-0.39, 0.29) is 6.04 Å². The van der Waals surface area contributed by atoms with Crippen molar-refractivity contribution >= 4 is 17.3 Å². The standard InChI is InChI=1S/C17H16ClN3O2/c1-11(17-21-20-12(2)22-17)19-14-6-8-15(9-7-14)23-16-5-3-4-13(18)10-16/h3-11,19H,1-2H3/t11-/m1/s1. The van der Waals surface area contributed by atoms with Crippen LogP contribution in [-0.2, 0) is 0 Å². The van der Waals surface area contributed by atoms with Gasteiger partial charge in [-0.1, -0.05) is 17.7 Å². The minimum absolute atomic E-state index is 0.0732. The lowest BCUT2D eigenvalue weighted by molar-refractivity contribution is 0.451. The van der Waals surface area contributed by atoms with E-state index in [0.29, 0.717) is 22.6 Å². The van der Waals surface area contributed by atoms with E-state index in [4.69, 9.17) is 20.8 Å². The average Bonchev–Trinajstić information content (AvgIpc) is 2.96. The van der Waals surface area contributed by atoms with Gasteiger partial charge in [0.1, 0.15) is 17.5 Å². The Hall–Kier alpha value is -2.53. The number of anilines is 1. The van der Waals surface area contributed by atoms with Crippen molar-refractivity contribution in [2.45, 2.75) is 19.9 Å². The fourth-order valence-electron chi connectivity index (χ4n) is 2.08. The van der Waals surface area contributed by atoms with Crippen molar-refractivity contribution in [3.05, 3.63) is 65.3 Å². The summed E-state index contributed by atoms with van der Waals surface area (Å²) in [5.41, 5.74) is 0.937. The Kier molecular flexibility index (Phi) is 4.48. The molecule has 6 heteroatoms. The number of aromatic nitrogens is 2. The van der Waals surface area contributed by atoms with Crippen LogP contribution < -0.4 is 10.1 Å². The van der Waals surface area contributed by atoms with Gasteiger partial charge in [-0.3, -0.25) is 0 Å². The van der Waals surface area contributed by atoms with Crippen LogP contribution in [0.3, 0.4) is 0 Å². The quantitative estimate of drug-likeness (QED) is 0.714. The molecular weight excluding hydrogens is 314 g/mol. The molecule has 2 aromatic carbocycles. The summed E-state index contributed by atoms with van der Waals surface area (Å²) in [6.45, 7) is 3.73. The Bertz CT molecular complexity index is 787. The highest BCUT2D eigenvalue weighted by molar-refractivity contribution is 6.30. The highest BCUT2D eigenvalue weighted by Crippen LogP contribution is 2.26. The molecule has 0 bridgehead atoms. The number of ether oxygens (including phenoxy) is 1. The zero-order valence-corrected chi connectivity index (χ0v) is 13.5. The Morgan fingerprint density at radius 2 is 1.87 bits per heavy atom. The molecular formula is C17H16ClN3O2. The zero-order chi connectivity index (χ0) is 16.2. The van der Waals surface area contributed by atoms with E-state index in [9.17, 15) is 0 Å². The number of nitrogens with zero attached hydrogens (tertiary/aromatic N) is 2. The van der Waals surface area contributed by atoms with E-state index in [1.54, 1.807) is 13.0 Å².